The number of hydrogen-bond donors (Lipinski definition) is 1. The van der Waals surface area contributed by atoms with Crippen LogP contribution in [0.4, 0.5) is 5.82 Å². The van der Waals surface area contributed by atoms with E-state index in [1.54, 1.807) is 0 Å². The van der Waals surface area contributed by atoms with Crippen LogP contribution in [-0.4, -0.2) is 46.5 Å². The van der Waals surface area contributed by atoms with Gasteiger partial charge in [-0.25, -0.2) is 9.97 Å². The summed E-state index contributed by atoms with van der Waals surface area (Å²) in [6, 6.07) is 0.328. The zero-order chi connectivity index (χ0) is 15.2. The number of aromatic nitrogens is 2. The fourth-order valence-corrected chi connectivity index (χ4v) is 4.11. The molecular weight excluding hydrogens is 348 g/mol. The van der Waals surface area contributed by atoms with E-state index in [-0.39, 0.29) is 0 Å². The Morgan fingerprint density at radius 2 is 2.14 bits per heavy atom. The molecule has 0 aromatic carbocycles. The highest BCUT2D eigenvalue weighted by Crippen LogP contribution is 2.31. The first-order valence-corrected chi connectivity index (χ1v) is 9.70. The summed E-state index contributed by atoms with van der Waals surface area (Å²) in [5.74, 6) is 4.20. The highest BCUT2D eigenvalue weighted by Gasteiger charge is 2.25. The van der Waals surface area contributed by atoms with Crippen molar-refractivity contribution in [1.82, 2.24) is 14.9 Å². The predicted octanol–water partition coefficient (Wildman–Crippen LogP) is 3.73. The molecule has 1 aromatic heterocycles. The van der Waals surface area contributed by atoms with Crippen LogP contribution < -0.4 is 5.32 Å². The van der Waals surface area contributed by atoms with Gasteiger partial charge >= 0.3 is 0 Å². The molecule has 0 radical (unpaired) electrons. The van der Waals surface area contributed by atoms with Crippen LogP contribution in [0, 0.1) is 0 Å². The second-order valence-corrected chi connectivity index (χ2v) is 7.38. The molecule has 0 spiro atoms. The predicted molar refractivity (Wildman–Crippen MR) is 95.2 cm³/mol. The molecule has 6 heteroatoms. The Morgan fingerprint density at radius 3 is 2.81 bits per heavy atom. The highest BCUT2D eigenvalue weighted by molar-refractivity contribution is 9.10. The van der Waals surface area contributed by atoms with Crippen molar-refractivity contribution in [2.45, 2.75) is 39.2 Å². The number of rotatable bonds is 6. The number of nitrogens with one attached hydrogen (secondary N) is 1. The molecule has 0 amide bonds. The summed E-state index contributed by atoms with van der Waals surface area (Å²) in [4.78, 5) is 12.0. The van der Waals surface area contributed by atoms with Crippen LogP contribution in [0.2, 0.25) is 0 Å². The van der Waals surface area contributed by atoms with Gasteiger partial charge in [0.15, 0.2) is 0 Å². The van der Waals surface area contributed by atoms with E-state index in [0.717, 1.165) is 59.9 Å². The van der Waals surface area contributed by atoms with Gasteiger partial charge in [-0.1, -0.05) is 20.3 Å². The van der Waals surface area contributed by atoms with Crippen molar-refractivity contribution in [1.29, 1.82) is 0 Å². The van der Waals surface area contributed by atoms with Crippen molar-refractivity contribution in [2.24, 2.45) is 0 Å². The summed E-state index contributed by atoms with van der Waals surface area (Å²) in [5.41, 5.74) is 1.13. The molecule has 1 aromatic rings. The van der Waals surface area contributed by atoms with Crippen LogP contribution in [0.15, 0.2) is 4.47 Å². The second kappa shape index (κ2) is 8.34. The standard InChI is InChI=1S/C15H25BrN4S/c1-4-6-11-13(16)15(17-7-5-2)19-14(18-11)12-10-21-9-8-20(12)3/h12H,4-10H2,1-3H3,(H,17,18,19). The molecule has 1 aliphatic heterocycles. The molecule has 1 saturated heterocycles. The van der Waals surface area contributed by atoms with E-state index in [4.69, 9.17) is 9.97 Å². The van der Waals surface area contributed by atoms with Crippen molar-refractivity contribution in [3.8, 4) is 0 Å². The number of nitrogens with zero attached hydrogens (tertiary/aromatic N) is 3. The molecule has 0 saturated carbocycles. The minimum absolute atomic E-state index is 0.328. The average molecular weight is 373 g/mol. The van der Waals surface area contributed by atoms with Crippen LogP contribution in [0.25, 0.3) is 0 Å². The Morgan fingerprint density at radius 1 is 1.33 bits per heavy atom. The molecule has 2 rings (SSSR count). The second-order valence-electron chi connectivity index (χ2n) is 5.44. The molecule has 2 heterocycles. The molecule has 118 valence electrons. The minimum Gasteiger partial charge on any atom is -0.369 e. The smallest absolute Gasteiger partial charge is 0.149 e. The third-order valence-corrected chi connectivity index (χ3v) is 5.52. The molecule has 0 bridgehead atoms. The summed E-state index contributed by atoms with van der Waals surface area (Å²) in [5, 5.41) is 3.43. The van der Waals surface area contributed by atoms with Gasteiger partial charge in [0.1, 0.15) is 11.6 Å². The number of thioether (sulfide) groups is 1. The first-order chi connectivity index (χ1) is 10.2. The van der Waals surface area contributed by atoms with Crippen molar-refractivity contribution >= 4 is 33.5 Å². The Balaban J connectivity index is 2.32. The summed E-state index contributed by atoms with van der Waals surface area (Å²) < 4.78 is 1.03. The number of aryl methyl sites for hydroxylation is 1. The van der Waals surface area contributed by atoms with Crippen molar-refractivity contribution in [3.63, 3.8) is 0 Å². The average Bonchev–Trinajstić information content (AvgIpc) is 2.49. The fourth-order valence-electron chi connectivity index (χ4n) is 2.38. The van der Waals surface area contributed by atoms with Crippen molar-refractivity contribution < 1.29 is 0 Å². The first kappa shape index (κ1) is 17.0. The van der Waals surface area contributed by atoms with E-state index < -0.39 is 0 Å². The van der Waals surface area contributed by atoms with Crippen LogP contribution in [0.1, 0.15) is 44.2 Å². The third-order valence-electron chi connectivity index (χ3n) is 3.66. The summed E-state index contributed by atoms with van der Waals surface area (Å²) in [6.07, 6.45) is 3.17. The molecule has 1 atom stereocenters. The van der Waals surface area contributed by atoms with Gasteiger partial charge in [-0.3, -0.25) is 4.90 Å². The fraction of sp³-hybridized carbons (Fsp3) is 0.733. The summed E-state index contributed by atoms with van der Waals surface area (Å²) >= 11 is 5.67. The van der Waals surface area contributed by atoms with E-state index in [9.17, 15) is 0 Å². The van der Waals surface area contributed by atoms with E-state index in [0.29, 0.717) is 6.04 Å². The topological polar surface area (TPSA) is 41.1 Å². The maximum absolute atomic E-state index is 4.85. The van der Waals surface area contributed by atoms with Gasteiger partial charge in [-0.2, -0.15) is 11.8 Å². The number of anilines is 1. The largest absolute Gasteiger partial charge is 0.369 e. The maximum Gasteiger partial charge on any atom is 0.149 e. The van der Waals surface area contributed by atoms with Gasteiger partial charge in [0.05, 0.1) is 16.2 Å². The van der Waals surface area contributed by atoms with Gasteiger partial charge in [0.2, 0.25) is 0 Å². The Bertz CT molecular complexity index is 469. The SMILES string of the molecule is CCCNc1nc(C2CSCCN2C)nc(CCC)c1Br. The monoisotopic (exact) mass is 372 g/mol. The molecule has 1 unspecified atom stereocenters. The lowest BCUT2D eigenvalue weighted by Crippen LogP contribution is -2.34. The van der Waals surface area contributed by atoms with Gasteiger partial charge in [0.25, 0.3) is 0 Å². The molecule has 1 fully saturated rings. The lowest BCUT2D eigenvalue weighted by Gasteiger charge is -2.31. The van der Waals surface area contributed by atoms with Crippen LogP contribution in [0.5, 0.6) is 0 Å². The van der Waals surface area contributed by atoms with Gasteiger partial charge in [0, 0.05) is 24.6 Å². The van der Waals surface area contributed by atoms with Gasteiger partial charge in [-0.15, -0.1) is 0 Å². The lowest BCUT2D eigenvalue weighted by molar-refractivity contribution is 0.264. The quantitative estimate of drug-likeness (QED) is 0.823. The normalized spacial score (nSPS) is 19.7. The molecule has 1 N–H and O–H groups in total. The highest BCUT2D eigenvalue weighted by atomic mass is 79.9. The van der Waals surface area contributed by atoms with E-state index in [1.807, 2.05) is 11.8 Å². The summed E-state index contributed by atoms with van der Waals surface area (Å²) in [6.45, 7) is 6.41. The van der Waals surface area contributed by atoms with Crippen molar-refractivity contribution in [3.05, 3.63) is 16.0 Å². The van der Waals surface area contributed by atoms with Gasteiger partial charge < -0.3 is 5.32 Å². The Labute approximate surface area is 140 Å². The van der Waals surface area contributed by atoms with Crippen LogP contribution in [0.3, 0.4) is 0 Å². The van der Waals surface area contributed by atoms with Crippen LogP contribution >= 0.6 is 27.7 Å². The first-order valence-electron chi connectivity index (χ1n) is 7.75. The van der Waals surface area contributed by atoms with Crippen molar-refractivity contribution in [2.75, 3.05) is 37.0 Å². The molecule has 21 heavy (non-hydrogen) atoms. The Kier molecular flexibility index (Phi) is 6.76. The van der Waals surface area contributed by atoms with E-state index >= 15 is 0 Å². The summed E-state index contributed by atoms with van der Waals surface area (Å²) in [7, 11) is 2.18. The molecule has 1 aliphatic rings. The minimum atomic E-state index is 0.328. The number of halogens is 1. The zero-order valence-corrected chi connectivity index (χ0v) is 15.6. The molecule has 0 aliphatic carbocycles. The molecular formula is C15H25BrN4S. The zero-order valence-electron chi connectivity index (χ0n) is 13.2. The molecule has 4 nitrogen and oxygen atoms in total. The lowest BCUT2D eigenvalue weighted by atomic mass is 10.2. The van der Waals surface area contributed by atoms with Crippen LogP contribution in [-0.2, 0) is 6.42 Å². The van der Waals surface area contributed by atoms with E-state index in [1.165, 1.54) is 5.75 Å². The number of hydrogen-bond acceptors (Lipinski definition) is 5. The third kappa shape index (κ3) is 4.33. The maximum atomic E-state index is 4.85. The van der Waals surface area contributed by atoms with E-state index in [2.05, 4.69) is 47.0 Å². The van der Waals surface area contributed by atoms with Gasteiger partial charge in [-0.05, 0) is 35.8 Å². The Hall–Kier alpha value is -0.330.